The Morgan fingerprint density at radius 3 is 2.59 bits per heavy atom. The van der Waals surface area contributed by atoms with Crippen LogP contribution in [-0.2, 0) is 22.6 Å². The molecule has 2 N–H and O–H groups in total. The molecule has 32 heavy (non-hydrogen) atoms. The summed E-state index contributed by atoms with van der Waals surface area (Å²) in [6, 6.07) is 12.1. The van der Waals surface area contributed by atoms with E-state index in [0.29, 0.717) is 24.7 Å². The number of nitrogens with one attached hydrogen (secondary N) is 2. The maximum Gasteiger partial charge on any atom is 0.237 e. The maximum atomic E-state index is 12.9. The quantitative estimate of drug-likeness (QED) is 0.533. The Balaban J connectivity index is 1.67. The van der Waals surface area contributed by atoms with Crippen molar-refractivity contribution in [3.05, 3.63) is 63.7 Å². The van der Waals surface area contributed by atoms with Crippen molar-refractivity contribution in [2.75, 3.05) is 33.9 Å². The van der Waals surface area contributed by atoms with Crippen molar-refractivity contribution in [3.63, 3.8) is 0 Å². The summed E-state index contributed by atoms with van der Waals surface area (Å²) in [5.74, 6) is 0.964. The smallest absolute Gasteiger partial charge is 0.237 e. The highest BCUT2D eigenvalue weighted by Gasteiger charge is 2.36. The number of halogens is 1. The average molecular weight is 460 g/mol. The van der Waals surface area contributed by atoms with Crippen LogP contribution in [0.1, 0.15) is 28.7 Å². The number of hydrogen-bond acceptors (Lipinski definition) is 5. The molecule has 3 rings (SSSR count). The van der Waals surface area contributed by atoms with E-state index in [0.717, 1.165) is 36.4 Å². The van der Waals surface area contributed by atoms with E-state index in [1.807, 2.05) is 24.3 Å². The predicted octanol–water partition coefficient (Wildman–Crippen LogP) is 3.46. The molecule has 174 valence electrons. The lowest BCUT2D eigenvalue weighted by molar-refractivity contribution is -0.125. The zero-order chi connectivity index (χ0) is 23.1. The second-order valence-corrected chi connectivity index (χ2v) is 8.85. The number of likely N-dealkylation sites (tertiary alicyclic amines) is 1. The third-order valence-electron chi connectivity index (χ3n) is 6.05. The van der Waals surface area contributed by atoms with Gasteiger partial charge in [0.15, 0.2) is 0 Å². The van der Waals surface area contributed by atoms with E-state index in [9.17, 15) is 4.79 Å². The van der Waals surface area contributed by atoms with Gasteiger partial charge < -0.3 is 20.1 Å². The van der Waals surface area contributed by atoms with E-state index >= 15 is 0 Å². The molecule has 2 aromatic rings. The van der Waals surface area contributed by atoms with Crippen molar-refractivity contribution < 1.29 is 14.3 Å². The lowest BCUT2D eigenvalue weighted by Crippen LogP contribution is -2.43. The van der Waals surface area contributed by atoms with Gasteiger partial charge in [0.2, 0.25) is 5.91 Å². The highest BCUT2D eigenvalue weighted by Crippen LogP contribution is 2.25. The highest BCUT2D eigenvalue weighted by atomic mass is 35.5. The van der Waals surface area contributed by atoms with Crippen LogP contribution in [0.25, 0.3) is 0 Å². The zero-order valence-electron chi connectivity index (χ0n) is 19.4. The van der Waals surface area contributed by atoms with Crippen LogP contribution in [0, 0.1) is 13.8 Å². The Hall–Kier alpha value is -2.12. The van der Waals surface area contributed by atoms with E-state index in [2.05, 4.69) is 41.5 Å². The van der Waals surface area contributed by atoms with Gasteiger partial charge in [0.1, 0.15) is 5.75 Å². The summed E-state index contributed by atoms with van der Waals surface area (Å²) in [5, 5.41) is 7.39. The molecular weight excluding hydrogens is 426 g/mol. The van der Waals surface area contributed by atoms with Crippen molar-refractivity contribution in [1.82, 2.24) is 15.5 Å². The van der Waals surface area contributed by atoms with Crippen molar-refractivity contribution in [2.45, 2.75) is 45.4 Å². The molecule has 1 saturated heterocycles. The van der Waals surface area contributed by atoms with Gasteiger partial charge in [-0.1, -0.05) is 29.8 Å². The van der Waals surface area contributed by atoms with Gasteiger partial charge in [-0.05, 0) is 60.7 Å². The SMILES string of the molecule is COCCNC(=O)[C@@H]1C[C@H](NCc2cc(C)c(OC)cc2C)CN1Cc1ccc(Cl)cc1. The summed E-state index contributed by atoms with van der Waals surface area (Å²) in [6.07, 6.45) is 0.764. The molecule has 0 aromatic heterocycles. The molecule has 1 aliphatic heterocycles. The normalized spacial score (nSPS) is 18.7. The van der Waals surface area contributed by atoms with Crippen LogP contribution in [0.15, 0.2) is 36.4 Å². The predicted molar refractivity (Wildman–Crippen MR) is 128 cm³/mol. The lowest BCUT2D eigenvalue weighted by atomic mass is 10.0. The molecule has 0 radical (unpaired) electrons. The van der Waals surface area contributed by atoms with E-state index in [1.165, 1.54) is 11.1 Å². The minimum atomic E-state index is -0.182. The minimum Gasteiger partial charge on any atom is -0.496 e. The van der Waals surface area contributed by atoms with Crippen LogP contribution in [0.3, 0.4) is 0 Å². The first-order valence-electron chi connectivity index (χ1n) is 11.0. The first kappa shape index (κ1) is 24.5. The van der Waals surface area contributed by atoms with Crippen molar-refractivity contribution in [3.8, 4) is 5.75 Å². The van der Waals surface area contributed by atoms with Gasteiger partial charge in [-0.3, -0.25) is 9.69 Å². The molecule has 2 atom stereocenters. The van der Waals surface area contributed by atoms with Crippen LogP contribution in [0.4, 0.5) is 0 Å². The molecule has 2 aromatic carbocycles. The van der Waals surface area contributed by atoms with Gasteiger partial charge in [0.25, 0.3) is 0 Å². The topological polar surface area (TPSA) is 62.8 Å². The van der Waals surface area contributed by atoms with E-state index < -0.39 is 0 Å². The largest absolute Gasteiger partial charge is 0.496 e. The van der Waals surface area contributed by atoms with Crippen LogP contribution in [0.2, 0.25) is 5.02 Å². The van der Waals surface area contributed by atoms with E-state index in [4.69, 9.17) is 21.1 Å². The summed E-state index contributed by atoms with van der Waals surface area (Å²) in [4.78, 5) is 15.1. The Bertz CT molecular complexity index is 904. The van der Waals surface area contributed by atoms with Crippen LogP contribution >= 0.6 is 11.6 Å². The highest BCUT2D eigenvalue weighted by molar-refractivity contribution is 6.30. The van der Waals surface area contributed by atoms with Crippen LogP contribution in [-0.4, -0.2) is 56.8 Å². The molecule has 0 spiro atoms. The Labute approximate surface area is 196 Å². The fraction of sp³-hybridized carbons (Fsp3) is 0.480. The second-order valence-electron chi connectivity index (χ2n) is 8.42. The molecule has 1 aliphatic rings. The zero-order valence-corrected chi connectivity index (χ0v) is 20.2. The van der Waals surface area contributed by atoms with Gasteiger partial charge in [-0.2, -0.15) is 0 Å². The molecule has 6 nitrogen and oxygen atoms in total. The number of amides is 1. The third-order valence-corrected chi connectivity index (χ3v) is 6.30. The maximum absolute atomic E-state index is 12.9. The number of rotatable bonds is 10. The second kappa shape index (κ2) is 11.7. The van der Waals surface area contributed by atoms with Crippen LogP contribution < -0.4 is 15.4 Å². The number of nitrogens with zero attached hydrogens (tertiary/aromatic N) is 1. The Morgan fingerprint density at radius 1 is 1.16 bits per heavy atom. The number of aryl methyl sites for hydroxylation is 2. The van der Waals surface area contributed by atoms with Gasteiger partial charge >= 0.3 is 0 Å². The summed E-state index contributed by atoms with van der Waals surface area (Å²) in [6.45, 7) is 7.46. The Morgan fingerprint density at radius 2 is 1.91 bits per heavy atom. The summed E-state index contributed by atoms with van der Waals surface area (Å²) >= 11 is 6.04. The number of carbonyl (C=O) groups excluding carboxylic acids is 1. The number of benzene rings is 2. The fourth-order valence-corrected chi connectivity index (χ4v) is 4.36. The molecule has 0 unspecified atom stereocenters. The number of carbonyl (C=O) groups is 1. The Kier molecular flexibility index (Phi) is 8.93. The molecule has 1 fully saturated rings. The van der Waals surface area contributed by atoms with Crippen LogP contribution in [0.5, 0.6) is 5.75 Å². The van der Waals surface area contributed by atoms with Gasteiger partial charge in [0, 0.05) is 44.4 Å². The standard InChI is InChI=1S/C25H34ClN3O3/c1-17-12-24(32-4)18(2)11-20(17)14-28-22-13-23(25(30)27-9-10-31-3)29(16-22)15-19-5-7-21(26)8-6-19/h5-8,11-12,22-23,28H,9-10,13-16H2,1-4H3,(H,27,30)/t22-,23-/m0/s1. The van der Waals surface area contributed by atoms with Crippen molar-refractivity contribution in [2.24, 2.45) is 0 Å². The van der Waals surface area contributed by atoms with E-state index in [-0.39, 0.29) is 18.0 Å². The number of methoxy groups -OCH3 is 2. The monoisotopic (exact) mass is 459 g/mol. The van der Waals surface area contributed by atoms with Gasteiger partial charge in [-0.15, -0.1) is 0 Å². The first-order valence-corrected chi connectivity index (χ1v) is 11.4. The molecular formula is C25H34ClN3O3. The van der Waals surface area contributed by atoms with Gasteiger partial charge in [0.05, 0.1) is 19.8 Å². The number of hydrogen-bond donors (Lipinski definition) is 2. The summed E-state index contributed by atoms with van der Waals surface area (Å²) in [5.41, 5.74) is 4.72. The third kappa shape index (κ3) is 6.45. The van der Waals surface area contributed by atoms with Crippen molar-refractivity contribution >= 4 is 17.5 Å². The summed E-state index contributed by atoms with van der Waals surface area (Å²) in [7, 11) is 3.34. The molecule has 1 heterocycles. The molecule has 1 amide bonds. The summed E-state index contributed by atoms with van der Waals surface area (Å²) < 4.78 is 10.5. The van der Waals surface area contributed by atoms with Crippen molar-refractivity contribution in [1.29, 1.82) is 0 Å². The molecule has 7 heteroatoms. The number of ether oxygens (including phenoxy) is 2. The lowest BCUT2D eigenvalue weighted by Gasteiger charge is -2.23. The first-order chi connectivity index (χ1) is 15.4. The van der Waals surface area contributed by atoms with E-state index in [1.54, 1.807) is 14.2 Å². The minimum absolute atomic E-state index is 0.0526. The molecule has 0 bridgehead atoms. The van der Waals surface area contributed by atoms with Gasteiger partial charge in [-0.25, -0.2) is 0 Å². The molecule has 0 saturated carbocycles. The molecule has 0 aliphatic carbocycles. The fourth-order valence-electron chi connectivity index (χ4n) is 4.23. The average Bonchev–Trinajstić information content (AvgIpc) is 3.18.